The molecule has 0 spiro atoms. The Labute approximate surface area is 151 Å². The van der Waals surface area contributed by atoms with Crippen LogP contribution in [0.3, 0.4) is 0 Å². The monoisotopic (exact) mass is 358 g/mol. The molecule has 4 nitrogen and oxygen atoms in total. The zero-order chi connectivity index (χ0) is 17.9. The Morgan fingerprint density at radius 3 is 2.73 bits per heavy atom. The number of anilines is 1. The van der Waals surface area contributed by atoms with Crippen LogP contribution in [0.2, 0.25) is 0 Å². The van der Waals surface area contributed by atoms with Crippen LogP contribution in [0, 0.1) is 0 Å². The van der Waals surface area contributed by atoms with E-state index in [0.29, 0.717) is 12.5 Å². The number of rotatable bonds is 4. The average molecular weight is 358 g/mol. The fourth-order valence-electron chi connectivity index (χ4n) is 3.78. The summed E-state index contributed by atoms with van der Waals surface area (Å²) >= 11 is 0. The first-order chi connectivity index (χ1) is 12.7. The molecule has 1 fully saturated rings. The molecule has 3 aliphatic heterocycles. The molecule has 1 saturated heterocycles. The minimum absolute atomic E-state index is 0.0414. The lowest BCUT2D eigenvalue weighted by atomic mass is 9.92. The van der Waals surface area contributed by atoms with Gasteiger partial charge >= 0.3 is 0 Å². The first-order valence-corrected chi connectivity index (χ1v) is 9.28. The fraction of sp³-hybridized carbons (Fsp3) is 0.450. The smallest absolute Gasteiger partial charge is 0.280 e. The molecular weight excluding hydrogens is 334 g/mol. The highest BCUT2D eigenvalue weighted by atomic mass is 19.3. The van der Waals surface area contributed by atoms with Crippen molar-refractivity contribution >= 4 is 24.2 Å². The number of aliphatic imine (C=N–C) groups is 1. The number of nitrogens with zero attached hydrogens (tertiary/aromatic N) is 1. The van der Waals surface area contributed by atoms with E-state index in [1.807, 2.05) is 0 Å². The van der Waals surface area contributed by atoms with Gasteiger partial charge in [-0.05, 0) is 49.2 Å². The summed E-state index contributed by atoms with van der Waals surface area (Å²) in [5, 5.41) is 12.7. The molecule has 0 aliphatic carbocycles. The molecule has 1 aromatic rings. The van der Waals surface area contributed by atoms with Crippen molar-refractivity contribution < 1.29 is 8.78 Å². The van der Waals surface area contributed by atoms with Gasteiger partial charge in [0.2, 0.25) is 0 Å². The molecule has 26 heavy (non-hydrogen) atoms. The second kappa shape index (κ2) is 7.58. The number of fused-ring (bicyclic) bond motifs is 1. The number of piperidine rings is 1. The number of alkyl halides is 2. The van der Waals surface area contributed by atoms with Gasteiger partial charge in [0, 0.05) is 41.8 Å². The summed E-state index contributed by atoms with van der Waals surface area (Å²) in [6.07, 6.45) is 7.73. The van der Waals surface area contributed by atoms with Crippen molar-refractivity contribution in [2.75, 3.05) is 25.0 Å². The van der Waals surface area contributed by atoms with E-state index in [-0.39, 0.29) is 11.6 Å². The summed E-state index contributed by atoms with van der Waals surface area (Å²) in [5.41, 5.74) is 2.13. The topological polar surface area (TPSA) is 48.4 Å². The van der Waals surface area contributed by atoms with Crippen LogP contribution in [-0.4, -0.2) is 38.3 Å². The molecule has 3 heterocycles. The van der Waals surface area contributed by atoms with Crippen LogP contribution in [0.1, 0.15) is 30.7 Å². The highest BCUT2D eigenvalue weighted by Gasteiger charge is 2.19. The molecule has 0 bridgehead atoms. The van der Waals surface area contributed by atoms with Gasteiger partial charge in [0.1, 0.15) is 5.70 Å². The predicted octanol–water partition coefficient (Wildman–Crippen LogP) is 1.68. The number of nitrogens with one attached hydrogen (secondary N) is 3. The molecule has 0 amide bonds. The molecule has 138 valence electrons. The predicted molar refractivity (Wildman–Crippen MR) is 102 cm³/mol. The summed E-state index contributed by atoms with van der Waals surface area (Å²) < 4.78 is 25.6. The van der Waals surface area contributed by atoms with Crippen LogP contribution >= 0.6 is 0 Å². The van der Waals surface area contributed by atoms with Crippen LogP contribution in [0.15, 0.2) is 28.9 Å². The third kappa shape index (κ3) is 3.65. The fourth-order valence-corrected chi connectivity index (χ4v) is 3.78. The highest BCUT2D eigenvalue weighted by Crippen LogP contribution is 2.26. The largest absolute Gasteiger partial charge is 0.387 e. The maximum atomic E-state index is 12.8. The standard InChI is InChI=1S/C20H24F2N4/c21-20(22)18-2-1-14(11-25-18)15-9-13-3-6-24-12-17(13)19(10-15)26-16-4-7-23-8-5-16/h2-3,9-12,14,16,20,23-24,26H,1,4-8H2. The second-order valence-corrected chi connectivity index (χ2v) is 7.05. The lowest BCUT2D eigenvalue weighted by molar-refractivity contribution is 0.187. The highest BCUT2D eigenvalue weighted by molar-refractivity contribution is 5.72. The van der Waals surface area contributed by atoms with Crippen molar-refractivity contribution in [1.29, 1.82) is 0 Å². The molecule has 1 aromatic carbocycles. The Hall–Kier alpha value is -2.21. The molecule has 3 N–H and O–H groups in total. The van der Waals surface area contributed by atoms with Crippen molar-refractivity contribution in [1.82, 2.24) is 10.6 Å². The van der Waals surface area contributed by atoms with Crippen molar-refractivity contribution in [3.05, 3.63) is 39.9 Å². The van der Waals surface area contributed by atoms with Crippen molar-refractivity contribution in [3.63, 3.8) is 0 Å². The number of benzene rings is 1. The van der Waals surface area contributed by atoms with Gasteiger partial charge in [0.15, 0.2) is 0 Å². The van der Waals surface area contributed by atoms with E-state index in [0.717, 1.165) is 43.7 Å². The van der Waals surface area contributed by atoms with Crippen LogP contribution in [0.25, 0.3) is 12.3 Å². The molecule has 4 rings (SSSR count). The van der Waals surface area contributed by atoms with Gasteiger partial charge in [-0.2, -0.15) is 0 Å². The van der Waals surface area contributed by atoms with Gasteiger partial charge in [0.05, 0.1) is 0 Å². The Bertz CT molecular complexity index is 838. The van der Waals surface area contributed by atoms with Crippen molar-refractivity contribution in [2.45, 2.75) is 37.6 Å². The van der Waals surface area contributed by atoms with E-state index in [1.165, 1.54) is 10.4 Å². The number of allylic oxidation sites excluding steroid dienone is 2. The molecule has 3 aliphatic rings. The van der Waals surface area contributed by atoms with Crippen LogP contribution in [-0.2, 0) is 0 Å². The SMILES string of the molecule is FC(F)C1=CCC(c2cc(NC3CCNCC3)c3c(c2)=CCNC=3)C=N1. The lowest BCUT2D eigenvalue weighted by Gasteiger charge is -2.26. The van der Waals surface area contributed by atoms with Crippen LogP contribution < -0.4 is 26.4 Å². The van der Waals surface area contributed by atoms with E-state index in [4.69, 9.17) is 0 Å². The summed E-state index contributed by atoms with van der Waals surface area (Å²) in [4.78, 5) is 3.97. The Morgan fingerprint density at radius 1 is 1.15 bits per heavy atom. The first kappa shape index (κ1) is 17.2. The maximum absolute atomic E-state index is 12.8. The van der Waals surface area contributed by atoms with E-state index in [1.54, 1.807) is 12.3 Å². The third-order valence-electron chi connectivity index (χ3n) is 5.26. The molecule has 0 saturated carbocycles. The third-order valence-corrected chi connectivity index (χ3v) is 5.26. The van der Waals surface area contributed by atoms with Gasteiger partial charge in [-0.3, -0.25) is 4.99 Å². The Morgan fingerprint density at radius 2 is 2.00 bits per heavy atom. The van der Waals surface area contributed by atoms with E-state index < -0.39 is 6.43 Å². The molecule has 1 atom stereocenters. The lowest BCUT2D eigenvalue weighted by Crippen LogP contribution is -2.40. The number of halogens is 2. The summed E-state index contributed by atoms with van der Waals surface area (Å²) in [5.74, 6) is 0.0414. The van der Waals surface area contributed by atoms with Gasteiger partial charge in [0.25, 0.3) is 6.43 Å². The first-order valence-electron chi connectivity index (χ1n) is 9.28. The summed E-state index contributed by atoms with van der Waals surface area (Å²) in [6.45, 7) is 2.87. The normalized spacial score (nSPS) is 22.7. The minimum atomic E-state index is -2.50. The number of hydrogen-bond acceptors (Lipinski definition) is 4. The summed E-state index contributed by atoms with van der Waals surface area (Å²) in [7, 11) is 0. The summed E-state index contributed by atoms with van der Waals surface area (Å²) in [6, 6.07) is 4.78. The minimum Gasteiger partial charge on any atom is -0.387 e. The number of hydrogen-bond donors (Lipinski definition) is 3. The second-order valence-electron chi connectivity index (χ2n) is 7.05. The molecule has 1 unspecified atom stereocenters. The van der Waals surface area contributed by atoms with E-state index in [2.05, 4.69) is 45.4 Å². The Balaban J connectivity index is 1.64. The molecule has 0 radical (unpaired) electrons. The van der Waals surface area contributed by atoms with Crippen molar-refractivity contribution in [3.8, 4) is 0 Å². The quantitative estimate of drug-likeness (QED) is 0.768. The van der Waals surface area contributed by atoms with Crippen LogP contribution in [0.5, 0.6) is 0 Å². The van der Waals surface area contributed by atoms with Gasteiger partial charge in [-0.1, -0.05) is 18.2 Å². The molecule has 6 heteroatoms. The Kier molecular flexibility index (Phi) is 5.02. The zero-order valence-electron chi connectivity index (χ0n) is 14.6. The van der Waals surface area contributed by atoms with Gasteiger partial charge in [-0.15, -0.1) is 0 Å². The van der Waals surface area contributed by atoms with E-state index in [9.17, 15) is 8.78 Å². The zero-order valence-corrected chi connectivity index (χ0v) is 14.6. The van der Waals surface area contributed by atoms with Crippen LogP contribution in [0.4, 0.5) is 14.5 Å². The molecular formula is C20H24F2N4. The molecule has 0 aromatic heterocycles. The van der Waals surface area contributed by atoms with Gasteiger partial charge in [-0.25, -0.2) is 8.78 Å². The van der Waals surface area contributed by atoms with Crippen molar-refractivity contribution in [2.24, 2.45) is 4.99 Å². The van der Waals surface area contributed by atoms with Gasteiger partial charge < -0.3 is 16.0 Å². The maximum Gasteiger partial charge on any atom is 0.280 e. The average Bonchev–Trinajstić information content (AvgIpc) is 2.69. The van der Waals surface area contributed by atoms with E-state index >= 15 is 0 Å².